The van der Waals surface area contributed by atoms with Crippen molar-refractivity contribution in [3.63, 3.8) is 0 Å². The van der Waals surface area contributed by atoms with E-state index in [1.165, 1.54) is 7.11 Å². The molecule has 8 nitrogen and oxygen atoms in total. The summed E-state index contributed by atoms with van der Waals surface area (Å²) >= 11 is 5.83. The number of nitrogens with zero attached hydrogens (tertiary/aromatic N) is 1. The van der Waals surface area contributed by atoms with Gasteiger partial charge < -0.3 is 20.7 Å². The van der Waals surface area contributed by atoms with Crippen LogP contribution in [0.25, 0.3) is 0 Å². The molecular formula is C25H25ClN4O4. The molecule has 176 valence electrons. The number of hydrogen-bond acceptors (Lipinski definition) is 5. The number of likely N-dealkylation sites (N-methyl/N-ethyl adjacent to an activating group) is 1. The summed E-state index contributed by atoms with van der Waals surface area (Å²) in [4.78, 5) is 38.6. The highest BCUT2D eigenvalue weighted by Crippen LogP contribution is 2.24. The molecule has 0 aliphatic carbocycles. The molecule has 0 aliphatic heterocycles. The summed E-state index contributed by atoms with van der Waals surface area (Å²) in [6.07, 6.45) is 0. The molecule has 0 fully saturated rings. The van der Waals surface area contributed by atoms with Crippen LogP contribution < -0.4 is 20.7 Å². The second-order valence-electron chi connectivity index (χ2n) is 7.51. The molecule has 0 atom stereocenters. The van der Waals surface area contributed by atoms with Gasteiger partial charge in [0.25, 0.3) is 5.91 Å². The Labute approximate surface area is 202 Å². The van der Waals surface area contributed by atoms with Crippen molar-refractivity contribution in [1.29, 1.82) is 0 Å². The van der Waals surface area contributed by atoms with E-state index in [0.29, 0.717) is 33.4 Å². The molecule has 3 N–H and O–H groups in total. The van der Waals surface area contributed by atoms with Crippen molar-refractivity contribution in [3.8, 4) is 5.75 Å². The first-order valence-electron chi connectivity index (χ1n) is 10.4. The van der Waals surface area contributed by atoms with Gasteiger partial charge >= 0.3 is 0 Å². The highest BCUT2D eigenvalue weighted by molar-refractivity contribution is 6.30. The molecular weight excluding hydrogens is 456 g/mol. The zero-order valence-corrected chi connectivity index (χ0v) is 19.6. The van der Waals surface area contributed by atoms with Crippen molar-refractivity contribution < 1.29 is 19.1 Å². The lowest BCUT2D eigenvalue weighted by Crippen LogP contribution is -2.36. The van der Waals surface area contributed by atoms with Crippen LogP contribution in [-0.2, 0) is 9.59 Å². The number of carbonyl (C=O) groups is 3. The average molecular weight is 481 g/mol. The van der Waals surface area contributed by atoms with Crippen LogP contribution in [0.3, 0.4) is 0 Å². The number of rotatable bonds is 9. The van der Waals surface area contributed by atoms with E-state index in [9.17, 15) is 14.4 Å². The molecule has 0 spiro atoms. The number of methoxy groups -OCH3 is 1. The molecule has 0 bridgehead atoms. The maximum atomic E-state index is 12.5. The maximum Gasteiger partial charge on any atom is 0.255 e. The summed E-state index contributed by atoms with van der Waals surface area (Å²) in [7, 11) is 3.21. The SMILES string of the molecule is COc1ccccc1NC(=O)c1ccc(NC(=O)CN(C)CC(=O)Nc2ccc(Cl)cc2)cc1. The van der Waals surface area contributed by atoms with Gasteiger partial charge in [-0.25, -0.2) is 0 Å². The molecule has 9 heteroatoms. The second-order valence-corrected chi connectivity index (χ2v) is 7.94. The predicted molar refractivity (Wildman–Crippen MR) is 134 cm³/mol. The highest BCUT2D eigenvalue weighted by Gasteiger charge is 2.13. The minimum absolute atomic E-state index is 0.0179. The zero-order chi connectivity index (χ0) is 24.5. The van der Waals surface area contributed by atoms with Gasteiger partial charge in [-0.1, -0.05) is 23.7 Å². The first-order valence-corrected chi connectivity index (χ1v) is 10.8. The van der Waals surface area contributed by atoms with E-state index in [4.69, 9.17) is 16.3 Å². The number of para-hydroxylation sites is 2. The van der Waals surface area contributed by atoms with E-state index in [0.717, 1.165) is 0 Å². The lowest BCUT2D eigenvalue weighted by atomic mass is 10.2. The van der Waals surface area contributed by atoms with E-state index >= 15 is 0 Å². The van der Waals surface area contributed by atoms with Gasteiger partial charge in [-0.05, 0) is 67.7 Å². The third-order valence-corrected chi connectivity index (χ3v) is 4.99. The largest absolute Gasteiger partial charge is 0.495 e. The summed E-state index contributed by atoms with van der Waals surface area (Å²) in [6.45, 7) is 0.0577. The highest BCUT2D eigenvalue weighted by atomic mass is 35.5. The fourth-order valence-corrected chi connectivity index (χ4v) is 3.25. The Kier molecular flexibility index (Phi) is 8.61. The Hall–Kier alpha value is -3.88. The van der Waals surface area contributed by atoms with Crippen molar-refractivity contribution in [1.82, 2.24) is 4.90 Å². The lowest BCUT2D eigenvalue weighted by molar-refractivity contribution is -0.119. The minimum atomic E-state index is -0.297. The summed E-state index contributed by atoms with van der Waals surface area (Å²) in [5, 5.41) is 8.89. The molecule has 0 radical (unpaired) electrons. The van der Waals surface area contributed by atoms with Crippen molar-refractivity contribution in [2.75, 3.05) is 43.2 Å². The van der Waals surface area contributed by atoms with Crippen molar-refractivity contribution >= 4 is 46.4 Å². The fraction of sp³-hybridized carbons (Fsp3) is 0.160. The number of amides is 3. The molecule has 0 aliphatic rings. The number of nitrogens with one attached hydrogen (secondary N) is 3. The third-order valence-electron chi connectivity index (χ3n) is 4.74. The van der Waals surface area contributed by atoms with Crippen LogP contribution in [0.15, 0.2) is 72.8 Å². The average Bonchev–Trinajstić information content (AvgIpc) is 2.81. The van der Waals surface area contributed by atoms with E-state index in [-0.39, 0.29) is 30.8 Å². The molecule has 0 unspecified atom stereocenters. The Bertz CT molecular complexity index is 1150. The van der Waals surface area contributed by atoms with Crippen molar-refractivity contribution in [3.05, 3.63) is 83.4 Å². The first kappa shape index (κ1) is 24.8. The molecule has 3 amide bonds. The number of anilines is 3. The van der Waals surface area contributed by atoms with Crippen LogP contribution in [0.4, 0.5) is 17.1 Å². The molecule has 0 aromatic heterocycles. The van der Waals surface area contributed by atoms with E-state index in [1.54, 1.807) is 78.7 Å². The first-order chi connectivity index (χ1) is 16.3. The smallest absolute Gasteiger partial charge is 0.255 e. The molecule has 3 aromatic carbocycles. The Morgan fingerprint density at radius 2 is 1.32 bits per heavy atom. The fourth-order valence-electron chi connectivity index (χ4n) is 3.13. The van der Waals surface area contributed by atoms with Gasteiger partial charge in [0, 0.05) is 22.0 Å². The van der Waals surface area contributed by atoms with Gasteiger partial charge in [-0.2, -0.15) is 0 Å². The minimum Gasteiger partial charge on any atom is -0.495 e. The second kappa shape index (κ2) is 11.8. The molecule has 3 aromatic rings. The molecule has 0 saturated carbocycles. The van der Waals surface area contributed by atoms with Gasteiger partial charge in [0.15, 0.2) is 0 Å². The summed E-state index contributed by atoms with van der Waals surface area (Å²) < 4.78 is 5.24. The van der Waals surface area contributed by atoms with Gasteiger partial charge in [0.1, 0.15) is 5.75 Å². The molecule has 0 saturated heterocycles. The zero-order valence-electron chi connectivity index (χ0n) is 18.8. The van der Waals surface area contributed by atoms with Crippen LogP contribution in [0, 0.1) is 0 Å². The normalized spacial score (nSPS) is 10.5. The number of ether oxygens (including phenoxy) is 1. The van der Waals surface area contributed by atoms with Gasteiger partial charge in [-0.15, -0.1) is 0 Å². The van der Waals surface area contributed by atoms with Crippen molar-refractivity contribution in [2.45, 2.75) is 0 Å². The number of benzene rings is 3. The topological polar surface area (TPSA) is 99.8 Å². The van der Waals surface area contributed by atoms with Crippen LogP contribution in [0.2, 0.25) is 5.02 Å². The molecule has 3 rings (SSSR count). The molecule has 0 heterocycles. The Balaban J connectivity index is 1.47. The van der Waals surface area contributed by atoms with Gasteiger partial charge in [0.2, 0.25) is 11.8 Å². The van der Waals surface area contributed by atoms with E-state index in [2.05, 4.69) is 16.0 Å². The quantitative estimate of drug-likeness (QED) is 0.428. The Morgan fingerprint density at radius 3 is 1.88 bits per heavy atom. The maximum absolute atomic E-state index is 12.5. The number of halogens is 1. The monoisotopic (exact) mass is 480 g/mol. The molecule has 34 heavy (non-hydrogen) atoms. The Morgan fingerprint density at radius 1 is 0.794 bits per heavy atom. The predicted octanol–water partition coefficient (Wildman–Crippen LogP) is 4.11. The summed E-state index contributed by atoms with van der Waals surface area (Å²) in [5.74, 6) is -0.268. The standard InChI is InChI=1S/C25H25ClN4O4/c1-30(16-24(32)28-20-13-9-18(26)10-14-20)15-23(31)27-19-11-7-17(8-12-19)25(33)29-21-5-3-4-6-22(21)34-2/h3-14H,15-16H2,1-2H3,(H,27,31)(H,28,32)(H,29,33). The lowest BCUT2D eigenvalue weighted by Gasteiger charge is -2.16. The number of hydrogen-bond donors (Lipinski definition) is 3. The van der Waals surface area contributed by atoms with E-state index in [1.807, 2.05) is 6.07 Å². The van der Waals surface area contributed by atoms with Crippen LogP contribution in [0.1, 0.15) is 10.4 Å². The van der Waals surface area contributed by atoms with Crippen LogP contribution in [-0.4, -0.2) is 49.9 Å². The van der Waals surface area contributed by atoms with Gasteiger partial charge in [-0.3, -0.25) is 19.3 Å². The van der Waals surface area contributed by atoms with Crippen LogP contribution in [0.5, 0.6) is 5.75 Å². The summed E-state index contributed by atoms with van der Waals surface area (Å²) in [6, 6.07) is 20.4. The van der Waals surface area contributed by atoms with Crippen molar-refractivity contribution in [2.24, 2.45) is 0 Å². The number of carbonyl (C=O) groups excluding carboxylic acids is 3. The third kappa shape index (κ3) is 7.33. The van der Waals surface area contributed by atoms with Crippen LogP contribution >= 0.6 is 11.6 Å². The summed E-state index contributed by atoms with van der Waals surface area (Å²) in [5.41, 5.74) is 2.16. The van der Waals surface area contributed by atoms with Gasteiger partial charge in [0.05, 0.1) is 25.9 Å². The van der Waals surface area contributed by atoms with E-state index < -0.39 is 0 Å².